The highest BCUT2D eigenvalue weighted by atomic mass is 16.2. The standard InChI is InChI=1S/C19H28N4O2/c1-19(2,22-18(25)21-16-6-4-3-5-7-16)17(24)23-10-8-14-12-20-13-15(14)9-11-23/h3-7,14-15,20H,8-13H2,1-2H3,(H2,21,22,25)/t14-,15+. The molecule has 2 aliphatic heterocycles. The van der Waals surface area contributed by atoms with E-state index in [1.807, 2.05) is 35.2 Å². The first kappa shape index (κ1) is 17.7. The Balaban J connectivity index is 1.57. The summed E-state index contributed by atoms with van der Waals surface area (Å²) in [6.07, 6.45) is 2.07. The number of rotatable bonds is 3. The van der Waals surface area contributed by atoms with E-state index >= 15 is 0 Å². The van der Waals surface area contributed by atoms with Crippen molar-refractivity contribution in [3.63, 3.8) is 0 Å². The predicted octanol–water partition coefficient (Wildman–Crippen LogP) is 2.04. The van der Waals surface area contributed by atoms with Crippen LogP contribution in [0.5, 0.6) is 0 Å². The van der Waals surface area contributed by atoms with Crippen molar-refractivity contribution in [1.82, 2.24) is 15.5 Å². The van der Waals surface area contributed by atoms with Gasteiger partial charge in [-0.2, -0.15) is 0 Å². The van der Waals surface area contributed by atoms with Crippen molar-refractivity contribution in [2.45, 2.75) is 32.2 Å². The van der Waals surface area contributed by atoms with Gasteiger partial charge in [0.25, 0.3) is 0 Å². The second kappa shape index (κ2) is 7.44. The number of urea groups is 1. The van der Waals surface area contributed by atoms with Crippen LogP contribution in [0.1, 0.15) is 26.7 Å². The summed E-state index contributed by atoms with van der Waals surface area (Å²) in [5.41, 5.74) is -0.227. The van der Waals surface area contributed by atoms with E-state index in [0.29, 0.717) is 17.5 Å². The molecule has 1 aromatic rings. The van der Waals surface area contributed by atoms with Crippen LogP contribution in [0.2, 0.25) is 0 Å². The molecule has 0 bridgehead atoms. The highest BCUT2D eigenvalue weighted by Crippen LogP contribution is 2.28. The summed E-state index contributed by atoms with van der Waals surface area (Å²) in [6, 6.07) is 8.87. The monoisotopic (exact) mass is 344 g/mol. The first-order valence-corrected chi connectivity index (χ1v) is 9.10. The Morgan fingerprint density at radius 3 is 2.28 bits per heavy atom. The molecule has 0 aromatic heterocycles. The van der Waals surface area contributed by atoms with E-state index in [-0.39, 0.29) is 11.9 Å². The van der Waals surface area contributed by atoms with E-state index < -0.39 is 5.54 Å². The number of anilines is 1. The fourth-order valence-corrected chi connectivity index (χ4v) is 3.84. The molecule has 136 valence electrons. The van der Waals surface area contributed by atoms with E-state index in [0.717, 1.165) is 39.0 Å². The van der Waals surface area contributed by atoms with Crippen molar-refractivity contribution < 1.29 is 9.59 Å². The number of hydrogen-bond acceptors (Lipinski definition) is 3. The van der Waals surface area contributed by atoms with Crippen LogP contribution in [-0.2, 0) is 4.79 Å². The Bertz CT molecular complexity index is 603. The lowest BCUT2D eigenvalue weighted by Gasteiger charge is -2.32. The molecular weight excluding hydrogens is 316 g/mol. The van der Waals surface area contributed by atoms with Gasteiger partial charge in [0.1, 0.15) is 5.54 Å². The lowest BCUT2D eigenvalue weighted by Crippen LogP contribution is -2.57. The maximum Gasteiger partial charge on any atom is 0.320 e. The number of likely N-dealkylation sites (tertiary alicyclic amines) is 1. The maximum absolute atomic E-state index is 12.9. The van der Waals surface area contributed by atoms with Crippen LogP contribution in [-0.4, -0.2) is 48.6 Å². The fraction of sp³-hybridized carbons (Fsp3) is 0.579. The molecule has 3 N–H and O–H groups in total. The topological polar surface area (TPSA) is 73.5 Å². The molecule has 25 heavy (non-hydrogen) atoms. The number of hydrogen-bond donors (Lipinski definition) is 3. The predicted molar refractivity (Wildman–Crippen MR) is 98.3 cm³/mol. The van der Waals surface area contributed by atoms with Gasteiger partial charge in [-0.25, -0.2) is 4.79 Å². The second-order valence-corrected chi connectivity index (χ2v) is 7.62. The van der Waals surface area contributed by atoms with Crippen molar-refractivity contribution in [2.24, 2.45) is 11.8 Å². The molecule has 3 rings (SSSR count). The Kier molecular flexibility index (Phi) is 5.27. The summed E-state index contributed by atoms with van der Waals surface area (Å²) in [5.74, 6) is 1.34. The van der Waals surface area contributed by atoms with Crippen LogP contribution in [0.25, 0.3) is 0 Å². The average Bonchev–Trinajstić information content (AvgIpc) is 2.93. The van der Waals surface area contributed by atoms with E-state index in [1.54, 1.807) is 13.8 Å². The number of para-hydroxylation sites is 1. The van der Waals surface area contributed by atoms with E-state index in [9.17, 15) is 9.59 Å². The molecule has 2 aliphatic rings. The highest BCUT2D eigenvalue weighted by molar-refractivity contribution is 5.95. The SMILES string of the molecule is CC(C)(NC(=O)Nc1ccccc1)C(=O)N1CC[C@@H]2CNC[C@@H]2CC1. The minimum Gasteiger partial charge on any atom is -0.341 e. The Morgan fingerprint density at radius 2 is 1.68 bits per heavy atom. The van der Waals surface area contributed by atoms with Gasteiger partial charge in [-0.1, -0.05) is 18.2 Å². The quantitative estimate of drug-likeness (QED) is 0.786. The van der Waals surface area contributed by atoms with E-state index in [1.165, 1.54) is 0 Å². The number of fused-ring (bicyclic) bond motifs is 1. The summed E-state index contributed by atoms with van der Waals surface area (Å²) in [5, 5.41) is 9.04. The number of amides is 3. The average molecular weight is 344 g/mol. The lowest BCUT2D eigenvalue weighted by atomic mass is 9.92. The van der Waals surface area contributed by atoms with Crippen molar-refractivity contribution in [2.75, 3.05) is 31.5 Å². The van der Waals surface area contributed by atoms with Crippen molar-refractivity contribution in [3.05, 3.63) is 30.3 Å². The van der Waals surface area contributed by atoms with Gasteiger partial charge in [0.15, 0.2) is 0 Å². The molecule has 6 nitrogen and oxygen atoms in total. The first-order valence-electron chi connectivity index (χ1n) is 9.10. The largest absolute Gasteiger partial charge is 0.341 e. The van der Waals surface area contributed by atoms with Crippen molar-refractivity contribution >= 4 is 17.6 Å². The molecule has 2 saturated heterocycles. The van der Waals surface area contributed by atoms with E-state index in [2.05, 4.69) is 16.0 Å². The maximum atomic E-state index is 12.9. The number of carbonyl (C=O) groups excluding carboxylic acids is 2. The zero-order valence-electron chi connectivity index (χ0n) is 15.0. The zero-order chi connectivity index (χ0) is 17.9. The van der Waals surface area contributed by atoms with Crippen LogP contribution in [0.4, 0.5) is 10.5 Å². The van der Waals surface area contributed by atoms with Gasteiger partial charge in [0, 0.05) is 18.8 Å². The first-order chi connectivity index (χ1) is 12.0. The second-order valence-electron chi connectivity index (χ2n) is 7.62. The molecule has 0 aliphatic carbocycles. The van der Waals surface area contributed by atoms with Crippen molar-refractivity contribution in [1.29, 1.82) is 0 Å². The third-order valence-electron chi connectivity index (χ3n) is 5.30. The molecule has 0 radical (unpaired) electrons. The zero-order valence-corrected chi connectivity index (χ0v) is 15.0. The van der Waals surface area contributed by atoms with Gasteiger partial charge < -0.3 is 20.9 Å². The van der Waals surface area contributed by atoms with Crippen LogP contribution >= 0.6 is 0 Å². The third-order valence-corrected chi connectivity index (χ3v) is 5.30. The third kappa shape index (κ3) is 4.31. The van der Waals surface area contributed by atoms with Gasteiger partial charge in [-0.3, -0.25) is 4.79 Å². The van der Waals surface area contributed by atoms with Gasteiger partial charge in [-0.15, -0.1) is 0 Å². The molecule has 2 heterocycles. The highest BCUT2D eigenvalue weighted by Gasteiger charge is 2.37. The summed E-state index contributed by atoms with van der Waals surface area (Å²) >= 11 is 0. The smallest absolute Gasteiger partial charge is 0.320 e. The lowest BCUT2D eigenvalue weighted by molar-refractivity contribution is -0.136. The summed E-state index contributed by atoms with van der Waals surface area (Å²) < 4.78 is 0. The summed E-state index contributed by atoms with van der Waals surface area (Å²) in [4.78, 5) is 27.1. The van der Waals surface area contributed by atoms with Crippen molar-refractivity contribution in [3.8, 4) is 0 Å². The number of benzene rings is 1. The van der Waals surface area contributed by atoms with Crippen LogP contribution in [0, 0.1) is 11.8 Å². The van der Waals surface area contributed by atoms with E-state index in [4.69, 9.17) is 0 Å². The number of carbonyl (C=O) groups is 2. The van der Waals surface area contributed by atoms with Gasteiger partial charge in [-0.05, 0) is 63.7 Å². The molecule has 0 saturated carbocycles. The molecule has 3 amide bonds. The van der Waals surface area contributed by atoms with Crippen LogP contribution < -0.4 is 16.0 Å². The molecule has 1 aromatic carbocycles. The van der Waals surface area contributed by atoms with Gasteiger partial charge in [0.05, 0.1) is 0 Å². The fourth-order valence-electron chi connectivity index (χ4n) is 3.84. The Hall–Kier alpha value is -2.08. The van der Waals surface area contributed by atoms with Crippen LogP contribution in [0.3, 0.4) is 0 Å². The minimum atomic E-state index is -0.934. The number of nitrogens with one attached hydrogen (secondary N) is 3. The molecule has 2 fully saturated rings. The van der Waals surface area contributed by atoms with Gasteiger partial charge in [0.2, 0.25) is 5.91 Å². The van der Waals surface area contributed by atoms with Crippen LogP contribution in [0.15, 0.2) is 30.3 Å². The Morgan fingerprint density at radius 1 is 1.08 bits per heavy atom. The summed E-state index contributed by atoms with van der Waals surface area (Å²) in [7, 11) is 0. The molecule has 0 unspecified atom stereocenters. The minimum absolute atomic E-state index is 0.0105. The Labute approximate surface area is 149 Å². The number of nitrogens with zero attached hydrogens (tertiary/aromatic N) is 1. The molecular formula is C19H28N4O2. The molecule has 2 atom stereocenters. The molecule has 6 heteroatoms. The normalized spacial score (nSPS) is 23.5. The summed E-state index contributed by atoms with van der Waals surface area (Å²) in [6.45, 7) is 7.21. The van der Waals surface area contributed by atoms with Gasteiger partial charge >= 0.3 is 6.03 Å². The molecule has 0 spiro atoms.